The summed E-state index contributed by atoms with van der Waals surface area (Å²) in [5, 5.41) is 0. The summed E-state index contributed by atoms with van der Waals surface area (Å²) in [7, 11) is 0. The van der Waals surface area contributed by atoms with Crippen molar-refractivity contribution < 1.29 is 4.74 Å². The zero-order chi connectivity index (χ0) is 13.7. The van der Waals surface area contributed by atoms with Crippen LogP contribution in [0, 0.1) is 0 Å². The lowest BCUT2D eigenvalue weighted by atomic mass is 9.99. The van der Waals surface area contributed by atoms with Crippen molar-refractivity contribution in [2.24, 2.45) is 0 Å². The molecular weight excluding hydrogens is 258 g/mol. The second-order valence-corrected chi connectivity index (χ2v) is 5.58. The number of ether oxygens (including phenoxy) is 1. The van der Waals surface area contributed by atoms with Crippen LogP contribution in [0.25, 0.3) is 0 Å². The number of rotatable bonds is 7. The quantitative estimate of drug-likeness (QED) is 0.703. The van der Waals surface area contributed by atoms with Crippen LogP contribution in [-0.4, -0.2) is 36.5 Å². The maximum Gasteiger partial charge on any atom is 0.122 e. The van der Waals surface area contributed by atoms with E-state index in [1.165, 1.54) is 18.4 Å². The smallest absolute Gasteiger partial charge is 0.122 e. The van der Waals surface area contributed by atoms with Gasteiger partial charge in [0.05, 0.1) is 6.61 Å². The Balaban J connectivity index is 2.06. The average molecular weight is 282 g/mol. The number of nitrogens with zero attached hydrogens (tertiary/aromatic N) is 1. The van der Waals surface area contributed by atoms with Gasteiger partial charge in [0.25, 0.3) is 0 Å². The highest BCUT2D eigenvalue weighted by molar-refractivity contribution is 6.18. The van der Waals surface area contributed by atoms with Crippen LogP contribution in [0.15, 0.2) is 24.3 Å². The van der Waals surface area contributed by atoms with Crippen LogP contribution in [0.3, 0.4) is 0 Å². The van der Waals surface area contributed by atoms with E-state index in [2.05, 4.69) is 36.9 Å². The minimum absolute atomic E-state index is 0.486. The highest BCUT2D eigenvalue weighted by Gasteiger charge is 2.27. The molecule has 1 atom stereocenters. The van der Waals surface area contributed by atoms with Crippen LogP contribution in [0.2, 0.25) is 0 Å². The Bertz CT molecular complexity index is 392. The van der Waals surface area contributed by atoms with Gasteiger partial charge in [-0.1, -0.05) is 32.0 Å². The molecule has 106 valence electrons. The first-order valence-electron chi connectivity index (χ1n) is 7.31. The molecule has 1 aliphatic rings. The molecule has 2 nitrogen and oxygen atoms in total. The molecule has 0 radical (unpaired) electrons. The van der Waals surface area contributed by atoms with Gasteiger partial charge in [0, 0.05) is 36.5 Å². The molecule has 1 aromatic carbocycles. The number of hydrogen-bond acceptors (Lipinski definition) is 2. The molecule has 0 saturated heterocycles. The summed E-state index contributed by atoms with van der Waals surface area (Å²) >= 11 is 5.97. The van der Waals surface area contributed by atoms with Crippen LogP contribution in [-0.2, 0) is 0 Å². The molecule has 1 aromatic rings. The van der Waals surface area contributed by atoms with Gasteiger partial charge in [-0.25, -0.2) is 0 Å². The normalized spacial score (nSPS) is 17.8. The Morgan fingerprint density at radius 2 is 2.05 bits per heavy atom. The molecule has 0 fully saturated rings. The number of alkyl halides is 1. The maximum atomic E-state index is 5.97. The van der Waals surface area contributed by atoms with E-state index in [1.54, 1.807) is 0 Å². The Labute approximate surface area is 121 Å². The summed E-state index contributed by atoms with van der Waals surface area (Å²) in [5.41, 5.74) is 1.35. The molecule has 0 aliphatic carbocycles. The fourth-order valence-electron chi connectivity index (χ4n) is 3.00. The molecular formula is C16H24ClNO. The molecule has 0 spiro atoms. The van der Waals surface area contributed by atoms with E-state index in [0.717, 1.165) is 25.4 Å². The third-order valence-electron chi connectivity index (χ3n) is 4.08. The lowest BCUT2D eigenvalue weighted by Crippen LogP contribution is -2.39. The third kappa shape index (κ3) is 3.43. The number of benzene rings is 1. The lowest BCUT2D eigenvalue weighted by molar-refractivity contribution is 0.174. The number of fused-ring (bicyclic) bond motifs is 1. The minimum Gasteiger partial charge on any atom is -0.493 e. The number of halogens is 1. The Morgan fingerprint density at radius 3 is 2.74 bits per heavy atom. The molecule has 1 unspecified atom stereocenters. The summed E-state index contributed by atoms with van der Waals surface area (Å²) in [6.45, 7) is 7.34. The van der Waals surface area contributed by atoms with Crippen molar-refractivity contribution in [1.82, 2.24) is 4.90 Å². The molecule has 2 rings (SSSR count). The zero-order valence-electron chi connectivity index (χ0n) is 11.9. The van der Waals surface area contributed by atoms with E-state index in [9.17, 15) is 0 Å². The van der Waals surface area contributed by atoms with Crippen LogP contribution >= 0.6 is 11.6 Å². The van der Waals surface area contributed by atoms with Crippen LogP contribution in [0.5, 0.6) is 5.75 Å². The van der Waals surface area contributed by atoms with Crippen molar-refractivity contribution in [2.75, 3.05) is 25.6 Å². The maximum absolute atomic E-state index is 5.97. The van der Waals surface area contributed by atoms with Crippen molar-refractivity contribution in [3.63, 3.8) is 0 Å². The first-order chi connectivity index (χ1) is 9.30. The standard InChI is InChI=1S/C16H24ClNO/c1-3-14(4-2)18(10-9-17)11-13-12-19-16-8-6-5-7-15(13)16/h5-8,13-14H,3-4,9-12H2,1-2H3. The van der Waals surface area contributed by atoms with E-state index in [0.29, 0.717) is 17.8 Å². The van der Waals surface area contributed by atoms with Gasteiger partial charge >= 0.3 is 0 Å². The van der Waals surface area contributed by atoms with E-state index in [-0.39, 0.29) is 0 Å². The monoisotopic (exact) mass is 281 g/mol. The van der Waals surface area contributed by atoms with Crippen molar-refractivity contribution in [1.29, 1.82) is 0 Å². The topological polar surface area (TPSA) is 12.5 Å². The molecule has 0 N–H and O–H groups in total. The largest absolute Gasteiger partial charge is 0.493 e. The SMILES string of the molecule is CCC(CC)N(CCCl)CC1COc2ccccc21. The van der Waals surface area contributed by atoms with Crippen LogP contribution in [0.4, 0.5) is 0 Å². The average Bonchev–Trinajstić information content (AvgIpc) is 2.84. The van der Waals surface area contributed by atoms with E-state index in [4.69, 9.17) is 16.3 Å². The first kappa shape index (κ1) is 14.7. The van der Waals surface area contributed by atoms with Gasteiger partial charge in [-0.3, -0.25) is 4.90 Å². The van der Waals surface area contributed by atoms with Gasteiger partial charge in [0.2, 0.25) is 0 Å². The molecule has 0 amide bonds. The zero-order valence-corrected chi connectivity index (χ0v) is 12.7. The second-order valence-electron chi connectivity index (χ2n) is 5.20. The summed E-state index contributed by atoms with van der Waals surface area (Å²) in [6.07, 6.45) is 2.37. The highest BCUT2D eigenvalue weighted by atomic mass is 35.5. The van der Waals surface area contributed by atoms with Gasteiger partial charge < -0.3 is 4.74 Å². The van der Waals surface area contributed by atoms with E-state index in [1.807, 2.05) is 6.07 Å². The minimum atomic E-state index is 0.486. The molecule has 3 heteroatoms. The van der Waals surface area contributed by atoms with Gasteiger partial charge in [0.15, 0.2) is 0 Å². The fraction of sp³-hybridized carbons (Fsp3) is 0.625. The molecule has 0 aromatic heterocycles. The van der Waals surface area contributed by atoms with Gasteiger partial charge in [0.1, 0.15) is 5.75 Å². The Hall–Kier alpha value is -0.730. The Kier molecular flexibility index (Phi) is 5.53. The summed E-state index contributed by atoms with van der Waals surface area (Å²) in [6, 6.07) is 9.03. The van der Waals surface area contributed by atoms with Crippen molar-refractivity contribution in [3.05, 3.63) is 29.8 Å². The van der Waals surface area contributed by atoms with Gasteiger partial charge in [-0.2, -0.15) is 0 Å². The molecule has 19 heavy (non-hydrogen) atoms. The van der Waals surface area contributed by atoms with Crippen LogP contribution < -0.4 is 4.74 Å². The predicted molar refractivity (Wildman–Crippen MR) is 81.3 cm³/mol. The molecule has 0 bridgehead atoms. The fourth-order valence-corrected chi connectivity index (χ4v) is 3.22. The van der Waals surface area contributed by atoms with Crippen molar-refractivity contribution in [3.8, 4) is 5.75 Å². The summed E-state index contributed by atoms with van der Waals surface area (Å²) in [5.74, 6) is 2.24. The number of para-hydroxylation sites is 1. The predicted octanol–water partition coefficient (Wildman–Crippen LogP) is 3.89. The van der Waals surface area contributed by atoms with Gasteiger partial charge in [-0.15, -0.1) is 11.6 Å². The first-order valence-corrected chi connectivity index (χ1v) is 7.85. The second kappa shape index (κ2) is 7.16. The molecule has 1 aliphatic heterocycles. The Morgan fingerprint density at radius 1 is 1.32 bits per heavy atom. The molecule has 0 saturated carbocycles. The third-order valence-corrected chi connectivity index (χ3v) is 4.25. The van der Waals surface area contributed by atoms with E-state index >= 15 is 0 Å². The summed E-state index contributed by atoms with van der Waals surface area (Å²) in [4.78, 5) is 2.53. The number of hydrogen-bond donors (Lipinski definition) is 0. The van der Waals surface area contributed by atoms with Crippen LogP contribution in [0.1, 0.15) is 38.2 Å². The van der Waals surface area contributed by atoms with Gasteiger partial charge in [-0.05, 0) is 18.9 Å². The van der Waals surface area contributed by atoms with E-state index < -0.39 is 0 Å². The van der Waals surface area contributed by atoms with Crippen molar-refractivity contribution >= 4 is 11.6 Å². The van der Waals surface area contributed by atoms with Crippen molar-refractivity contribution in [2.45, 2.75) is 38.6 Å². The summed E-state index contributed by atoms with van der Waals surface area (Å²) < 4.78 is 5.78. The molecule has 1 heterocycles. The lowest BCUT2D eigenvalue weighted by Gasteiger charge is -2.31. The highest BCUT2D eigenvalue weighted by Crippen LogP contribution is 2.34.